The number of carbonyl (C=O) groups is 2. The molecule has 0 aliphatic carbocycles. The summed E-state index contributed by atoms with van der Waals surface area (Å²) in [5.74, 6) is -4.98. The van der Waals surface area contributed by atoms with Gasteiger partial charge >= 0.3 is 0 Å². The van der Waals surface area contributed by atoms with Crippen molar-refractivity contribution in [3.63, 3.8) is 0 Å². The standard InChI is InChI=1S/4C6H12O6.C6H12O5/c7-2-6(11)5(10)4(9)3(8)1-12-6;7-1-3-4(9)5(10)6(11,2-8)12-3;7-1-2-3(8)4(9)5(10)6(11)12-2;7-1-3(9)5(11)6(12)4(10)2-8;1-3(8)5(10)6(11)4(9)2-7/h2*3-5,7-11H,1-2H2;2-11H,1H2;1,3-6,8-12H,2H2;4-7,9-11H,2H2,1H3/t3-,4+,5?,6-;3-,4-,5+,6?;2?,3-,4+,5?,6?;;/m111../s1. The number of ketones is 1. The summed E-state index contributed by atoms with van der Waals surface area (Å²) in [6.07, 6.45) is -27.1. The predicted octanol–water partition coefficient (Wildman–Crippen LogP) is -15.4. The molecule has 0 aromatic rings. The Morgan fingerprint density at radius 3 is 1.46 bits per heavy atom. The number of hydrogen-bond acceptors (Lipinski definition) is 29. The number of aliphatic hydroxyl groups excluding tert-OH is 22. The van der Waals surface area contributed by atoms with Crippen molar-refractivity contribution >= 4 is 12.1 Å². The quantitative estimate of drug-likeness (QED) is 0.0764. The van der Waals surface area contributed by atoms with Crippen LogP contribution in [0, 0.1) is 0 Å². The zero-order valence-electron chi connectivity index (χ0n) is 31.2. The van der Waals surface area contributed by atoms with Crippen LogP contribution in [0.25, 0.3) is 0 Å². The largest absolute Gasteiger partial charge is 0.394 e. The summed E-state index contributed by atoms with van der Waals surface area (Å²) in [7, 11) is 0. The Kier molecular flexibility index (Phi) is 28.2. The molecule has 20 atom stereocenters. The van der Waals surface area contributed by atoms with Crippen LogP contribution >= 0.6 is 0 Å². The van der Waals surface area contributed by atoms with Gasteiger partial charge in [-0.3, -0.25) is 4.79 Å². The normalized spacial score (nSPS) is 37.7. The Balaban J connectivity index is 0. The molecule has 0 radical (unpaired) electrons. The van der Waals surface area contributed by atoms with E-state index in [9.17, 15) is 19.8 Å². The number of ether oxygens (including phenoxy) is 3. The number of carbonyl (C=O) groups excluding carboxylic acids is 2. The predicted molar refractivity (Wildman–Crippen MR) is 181 cm³/mol. The fraction of sp³-hybridized carbons (Fsp3) is 0.933. The molecule has 0 saturated carbocycles. The first kappa shape index (κ1) is 59.4. The van der Waals surface area contributed by atoms with Crippen LogP contribution in [0.3, 0.4) is 0 Å². The minimum atomic E-state index is -2.17. The third-order valence-electron chi connectivity index (χ3n) is 8.45. The number of hydrogen-bond donors (Lipinski definition) is 24. The summed E-state index contributed by atoms with van der Waals surface area (Å²) in [5, 5.41) is 213. The van der Waals surface area contributed by atoms with Crippen molar-refractivity contribution < 1.29 is 146 Å². The second kappa shape index (κ2) is 28.1. The van der Waals surface area contributed by atoms with Gasteiger partial charge in [0.1, 0.15) is 104 Å². The summed E-state index contributed by atoms with van der Waals surface area (Å²) in [5.41, 5.74) is 0. The van der Waals surface area contributed by atoms with Crippen LogP contribution in [0.15, 0.2) is 0 Å². The van der Waals surface area contributed by atoms with Crippen LogP contribution < -0.4 is 0 Å². The first-order valence-electron chi connectivity index (χ1n) is 17.1. The fourth-order valence-electron chi connectivity index (χ4n) is 4.44. The molecule has 29 heteroatoms. The van der Waals surface area contributed by atoms with Gasteiger partial charge in [0.15, 0.2) is 18.4 Å². The van der Waals surface area contributed by atoms with Crippen molar-refractivity contribution in [3.05, 3.63) is 0 Å². The van der Waals surface area contributed by atoms with E-state index in [1.54, 1.807) is 0 Å². The van der Waals surface area contributed by atoms with Crippen molar-refractivity contribution in [1.29, 1.82) is 0 Å². The lowest BCUT2D eigenvalue weighted by atomic mass is 9.98. The van der Waals surface area contributed by atoms with Crippen LogP contribution in [0.5, 0.6) is 0 Å². The van der Waals surface area contributed by atoms with E-state index in [1.807, 2.05) is 0 Å². The van der Waals surface area contributed by atoms with Crippen molar-refractivity contribution in [2.75, 3.05) is 46.2 Å². The Bertz CT molecular complexity index is 1130. The molecule has 3 saturated heterocycles. The zero-order chi connectivity index (χ0) is 46.7. The molecule has 0 amide bonds. The highest BCUT2D eigenvalue weighted by molar-refractivity contribution is 5.80. The molecule has 354 valence electrons. The number of aldehydes is 1. The average molecular weight is 885 g/mol. The number of rotatable bonds is 13. The molecule has 3 fully saturated rings. The van der Waals surface area contributed by atoms with Crippen LogP contribution in [-0.2, 0) is 23.8 Å². The Hall–Kier alpha value is -1.74. The van der Waals surface area contributed by atoms with Gasteiger partial charge in [0.2, 0.25) is 11.6 Å². The van der Waals surface area contributed by atoms with E-state index in [-0.39, 0.29) is 12.9 Å². The SMILES string of the molecule is CC(=O)C(O)C(O)C(O)CO.O=CC(O)C(O)C(O)C(O)CO.OCC1OC(O)C(O)[C@@H](O)[C@@H]1O.OC[C@@]1(O)OC[C@@H](O)[C@H](O)C1O.OC[C@H]1OC(O)(CO)[C@@H](O)[C@@H]1O. The van der Waals surface area contributed by atoms with Crippen LogP contribution in [0.4, 0.5) is 0 Å². The summed E-state index contributed by atoms with van der Waals surface area (Å²) in [6.45, 7) is -3.41. The summed E-state index contributed by atoms with van der Waals surface area (Å²) in [6, 6.07) is 0. The molecule has 0 aromatic carbocycles. The molecule has 0 bridgehead atoms. The molecule has 24 N–H and O–H groups in total. The van der Waals surface area contributed by atoms with Gasteiger partial charge in [-0.15, -0.1) is 0 Å². The highest BCUT2D eigenvalue weighted by atomic mass is 16.7. The second-order valence-corrected chi connectivity index (χ2v) is 13.0. The Morgan fingerprint density at radius 2 is 1.08 bits per heavy atom. The zero-order valence-corrected chi connectivity index (χ0v) is 31.2. The summed E-state index contributed by atoms with van der Waals surface area (Å²) >= 11 is 0. The van der Waals surface area contributed by atoms with Gasteiger partial charge in [-0.2, -0.15) is 0 Å². The van der Waals surface area contributed by atoms with E-state index in [4.69, 9.17) is 112 Å². The molecule has 0 spiro atoms. The second-order valence-electron chi connectivity index (χ2n) is 13.0. The van der Waals surface area contributed by atoms with Crippen molar-refractivity contribution in [1.82, 2.24) is 0 Å². The highest BCUT2D eigenvalue weighted by Crippen LogP contribution is 2.28. The lowest BCUT2D eigenvalue weighted by Crippen LogP contribution is -2.62. The smallest absolute Gasteiger partial charge is 0.219 e. The first-order valence-corrected chi connectivity index (χ1v) is 17.1. The summed E-state index contributed by atoms with van der Waals surface area (Å²) in [4.78, 5) is 20.3. The lowest BCUT2D eigenvalue weighted by Gasteiger charge is -2.40. The van der Waals surface area contributed by atoms with E-state index in [0.29, 0.717) is 0 Å². The Labute approximate surface area is 333 Å². The van der Waals surface area contributed by atoms with Gasteiger partial charge < -0.3 is 142 Å². The van der Waals surface area contributed by atoms with Gasteiger partial charge in [0.25, 0.3) is 0 Å². The highest BCUT2D eigenvalue weighted by Gasteiger charge is 2.53. The van der Waals surface area contributed by atoms with E-state index < -0.39 is 167 Å². The average Bonchev–Trinajstić information content (AvgIpc) is 3.47. The van der Waals surface area contributed by atoms with E-state index >= 15 is 0 Å². The molecule has 3 heterocycles. The van der Waals surface area contributed by atoms with Crippen LogP contribution in [-0.4, -0.2) is 303 Å². The van der Waals surface area contributed by atoms with Gasteiger partial charge in [-0.05, 0) is 6.92 Å². The number of aliphatic hydroxyl groups is 24. The van der Waals surface area contributed by atoms with E-state index in [2.05, 4.69) is 14.2 Å². The van der Waals surface area contributed by atoms with Gasteiger partial charge in [0, 0.05) is 0 Å². The molecule has 29 nitrogen and oxygen atoms in total. The van der Waals surface area contributed by atoms with Crippen LogP contribution in [0.2, 0.25) is 0 Å². The van der Waals surface area contributed by atoms with Gasteiger partial charge in [0.05, 0.1) is 46.2 Å². The minimum Gasteiger partial charge on any atom is -0.394 e. The molecule has 0 aromatic heterocycles. The molecule has 3 aliphatic heterocycles. The third-order valence-corrected chi connectivity index (χ3v) is 8.45. The topological polar surface area (TPSA) is 547 Å². The monoisotopic (exact) mass is 884 g/mol. The van der Waals surface area contributed by atoms with Crippen molar-refractivity contribution in [2.24, 2.45) is 0 Å². The maximum Gasteiger partial charge on any atom is 0.219 e. The minimum absolute atomic E-state index is 0.0258. The molecular formula is C30H60O29. The molecular weight excluding hydrogens is 824 g/mol. The van der Waals surface area contributed by atoms with Crippen LogP contribution in [0.1, 0.15) is 6.92 Å². The van der Waals surface area contributed by atoms with Gasteiger partial charge in [-0.25, -0.2) is 0 Å². The van der Waals surface area contributed by atoms with Crippen molar-refractivity contribution in [2.45, 2.75) is 129 Å². The third kappa shape index (κ3) is 17.5. The summed E-state index contributed by atoms with van der Waals surface area (Å²) < 4.78 is 13.8. The van der Waals surface area contributed by atoms with E-state index in [1.165, 1.54) is 0 Å². The van der Waals surface area contributed by atoms with E-state index in [0.717, 1.165) is 6.92 Å². The molecule has 3 aliphatic rings. The number of Topliss-reactive ketones (excluding diaryl/α,β-unsaturated/α-hetero) is 1. The maximum absolute atomic E-state index is 10.4. The molecule has 12 unspecified atom stereocenters. The molecule has 3 rings (SSSR count). The maximum atomic E-state index is 10.4. The fourth-order valence-corrected chi connectivity index (χ4v) is 4.44. The van der Waals surface area contributed by atoms with Gasteiger partial charge in [-0.1, -0.05) is 0 Å². The van der Waals surface area contributed by atoms with Crippen molar-refractivity contribution in [3.8, 4) is 0 Å². The Morgan fingerprint density at radius 1 is 0.627 bits per heavy atom. The first-order chi connectivity index (χ1) is 27.2. The lowest BCUT2D eigenvalue weighted by molar-refractivity contribution is -0.331. The molecule has 59 heavy (non-hydrogen) atoms.